The predicted octanol–water partition coefficient (Wildman–Crippen LogP) is 2.84. The molecule has 0 bridgehead atoms. The van der Waals surface area contributed by atoms with E-state index in [1.807, 2.05) is 13.8 Å². The first-order valence-corrected chi connectivity index (χ1v) is 5.06. The van der Waals surface area contributed by atoms with Crippen LogP contribution in [0.15, 0.2) is 18.2 Å². The fourth-order valence-electron chi connectivity index (χ4n) is 2.20. The van der Waals surface area contributed by atoms with Crippen LogP contribution in [0.25, 0.3) is 0 Å². The van der Waals surface area contributed by atoms with Gasteiger partial charge < -0.3 is 5.11 Å². The summed E-state index contributed by atoms with van der Waals surface area (Å²) in [7, 11) is 0. The van der Waals surface area contributed by atoms with Crippen LogP contribution in [0, 0.1) is 17.0 Å². The van der Waals surface area contributed by atoms with Crippen LogP contribution in [0.4, 0.5) is 8.78 Å². The molecule has 1 nitrogen and oxygen atoms in total. The molecule has 1 aliphatic carbocycles. The molecule has 1 aromatic rings. The molecule has 82 valence electrons. The Hall–Kier alpha value is -0.960. The van der Waals surface area contributed by atoms with Gasteiger partial charge in [-0.3, -0.25) is 0 Å². The molecule has 2 atom stereocenters. The average Bonchev–Trinajstić information content (AvgIpc) is 2.19. The second kappa shape index (κ2) is 3.27. The lowest BCUT2D eigenvalue weighted by Gasteiger charge is -2.49. The van der Waals surface area contributed by atoms with E-state index in [0.717, 1.165) is 11.6 Å². The number of hydrogen-bond acceptors (Lipinski definition) is 1. The third-order valence-corrected chi connectivity index (χ3v) is 3.56. The average molecular weight is 212 g/mol. The van der Waals surface area contributed by atoms with E-state index in [4.69, 9.17) is 0 Å². The summed E-state index contributed by atoms with van der Waals surface area (Å²) in [5.41, 5.74) is 0.522. The molecule has 3 heteroatoms. The van der Waals surface area contributed by atoms with Crippen molar-refractivity contribution < 1.29 is 13.9 Å². The maximum absolute atomic E-state index is 13.0. The molecule has 1 fully saturated rings. The number of rotatable bonds is 1. The van der Waals surface area contributed by atoms with Crippen LogP contribution in [0.1, 0.15) is 31.7 Å². The lowest BCUT2D eigenvalue weighted by molar-refractivity contribution is -0.0626. The molecule has 0 saturated heterocycles. The maximum Gasteiger partial charge on any atom is 0.159 e. The topological polar surface area (TPSA) is 20.2 Å². The second-order valence-electron chi connectivity index (χ2n) is 4.80. The van der Waals surface area contributed by atoms with Crippen molar-refractivity contribution in [2.75, 3.05) is 0 Å². The summed E-state index contributed by atoms with van der Waals surface area (Å²) >= 11 is 0. The van der Waals surface area contributed by atoms with Gasteiger partial charge in [-0.25, -0.2) is 8.78 Å². The van der Waals surface area contributed by atoms with Crippen LogP contribution >= 0.6 is 0 Å². The van der Waals surface area contributed by atoms with Gasteiger partial charge in [0.15, 0.2) is 11.6 Å². The third-order valence-electron chi connectivity index (χ3n) is 3.56. The molecule has 0 aromatic heterocycles. The van der Waals surface area contributed by atoms with Crippen LogP contribution in [0.5, 0.6) is 0 Å². The molecule has 0 aliphatic heterocycles. The highest BCUT2D eigenvalue weighted by molar-refractivity contribution is 5.27. The summed E-state index contributed by atoms with van der Waals surface area (Å²) in [5, 5.41) is 9.56. The zero-order valence-electron chi connectivity index (χ0n) is 8.80. The summed E-state index contributed by atoms with van der Waals surface area (Å²) < 4.78 is 25.7. The van der Waals surface area contributed by atoms with Gasteiger partial charge >= 0.3 is 0 Å². The Morgan fingerprint density at radius 1 is 1.27 bits per heavy atom. The molecule has 1 aromatic carbocycles. The molecular formula is C12H14F2O. The van der Waals surface area contributed by atoms with Gasteiger partial charge in [-0.05, 0) is 35.4 Å². The minimum absolute atomic E-state index is 0.114. The molecule has 0 spiro atoms. The number of halogens is 2. The zero-order valence-corrected chi connectivity index (χ0v) is 8.80. The van der Waals surface area contributed by atoms with Gasteiger partial charge in [0.1, 0.15) is 0 Å². The lowest BCUT2D eigenvalue weighted by atomic mass is 9.58. The van der Waals surface area contributed by atoms with Gasteiger partial charge in [0.2, 0.25) is 0 Å². The Morgan fingerprint density at radius 2 is 1.93 bits per heavy atom. The van der Waals surface area contributed by atoms with E-state index in [0.29, 0.717) is 6.42 Å². The second-order valence-corrected chi connectivity index (χ2v) is 4.80. The van der Waals surface area contributed by atoms with Gasteiger partial charge in [-0.2, -0.15) is 0 Å². The minimum Gasteiger partial charge on any atom is -0.393 e. The van der Waals surface area contributed by atoms with E-state index >= 15 is 0 Å². The standard InChI is InChI=1S/C12H14F2O/c1-12(2)8(6-11(12)15)7-3-4-9(13)10(14)5-7/h3-5,8,11,15H,6H2,1-2H3. The van der Waals surface area contributed by atoms with Crippen LogP contribution in [-0.4, -0.2) is 11.2 Å². The van der Waals surface area contributed by atoms with Crippen molar-refractivity contribution in [2.24, 2.45) is 5.41 Å². The molecule has 0 amide bonds. The van der Waals surface area contributed by atoms with Crippen LogP contribution in [0.3, 0.4) is 0 Å². The Balaban J connectivity index is 2.29. The highest BCUT2D eigenvalue weighted by atomic mass is 19.2. The normalized spacial score (nSPS) is 28.6. The molecule has 0 heterocycles. The van der Waals surface area contributed by atoms with E-state index in [-0.39, 0.29) is 17.4 Å². The van der Waals surface area contributed by atoms with Gasteiger partial charge in [0.05, 0.1) is 6.10 Å². The van der Waals surface area contributed by atoms with Gasteiger partial charge in [0.25, 0.3) is 0 Å². The van der Waals surface area contributed by atoms with Crippen LogP contribution < -0.4 is 0 Å². The summed E-state index contributed by atoms with van der Waals surface area (Å²) in [6.45, 7) is 3.88. The first-order chi connectivity index (χ1) is 6.93. The van der Waals surface area contributed by atoms with E-state index in [2.05, 4.69) is 0 Å². The van der Waals surface area contributed by atoms with Crippen molar-refractivity contribution in [1.82, 2.24) is 0 Å². The third kappa shape index (κ3) is 1.55. The Morgan fingerprint density at radius 3 is 2.40 bits per heavy atom. The monoisotopic (exact) mass is 212 g/mol. The van der Waals surface area contributed by atoms with Crippen molar-refractivity contribution >= 4 is 0 Å². The van der Waals surface area contributed by atoms with Crippen molar-refractivity contribution in [3.8, 4) is 0 Å². The highest BCUT2D eigenvalue weighted by Gasteiger charge is 2.47. The summed E-state index contributed by atoms with van der Waals surface area (Å²) in [6, 6.07) is 3.97. The van der Waals surface area contributed by atoms with E-state index in [9.17, 15) is 13.9 Å². The van der Waals surface area contributed by atoms with Crippen LogP contribution in [0.2, 0.25) is 0 Å². The van der Waals surface area contributed by atoms with Crippen molar-refractivity contribution in [3.63, 3.8) is 0 Å². The van der Waals surface area contributed by atoms with Crippen molar-refractivity contribution in [1.29, 1.82) is 0 Å². The molecule has 1 aliphatic rings. The first-order valence-electron chi connectivity index (χ1n) is 5.06. The largest absolute Gasteiger partial charge is 0.393 e. The highest BCUT2D eigenvalue weighted by Crippen LogP contribution is 2.52. The SMILES string of the molecule is CC1(C)C(O)CC1c1ccc(F)c(F)c1. The number of aliphatic hydroxyl groups excluding tert-OH is 1. The van der Waals surface area contributed by atoms with Crippen molar-refractivity contribution in [3.05, 3.63) is 35.4 Å². The smallest absolute Gasteiger partial charge is 0.159 e. The van der Waals surface area contributed by atoms with Gasteiger partial charge in [-0.1, -0.05) is 19.9 Å². The minimum atomic E-state index is -0.823. The molecular weight excluding hydrogens is 198 g/mol. The van der Waals surface area contributed by atoms with E-state index < -0.39 is 11.6 Å². The van der Waals surface area contributed by atoms with Gasteiger partial charge in [-0.15, -0.1) is 0 Å². The molecule has 2 unspecified atom stereocenters. The predicted molar refractivity (Wildman–Crippen MR) is 53.5 cm³/mol. The molecule has 2 rings (SSSR count). The van der Waals surface area contributed by atoms with Gasteiger partial charge in [0, 0.05) is 0 Å². The maximum atomic E-state index is 13.0. The zero-order chi connectivity index (χ0) is 11.2. The van der Waals surface area contributed by atoms with E-state index in [1.165, 1.54) is 6.07 Å². The van der Waals surface area contributed by atoms with Crippen molar-refractivity contribution in [2.45, 2.75) is 32.3 Å². The molecule has 15 heavy (non-hydrogen) atoms. The first kappa shape index (κ1) is 10.6. The number of benzene rings is 1. The van der Waals surface area contributed by atoms with Crippen LogP contribution in [-0.2, 0) is 0 Å². The molecule has 1 saturated carbocycles. The summed E-state index contributed by atoms with van der Waals surface area (Å²) in [4.78, 5) is 0. The summed E-state index contributed by atoms with van der Waals surface area (Å²) in [5.74, 6) is -1.52. The fraction of sp³-hybridized carbons (Fsp3) is 0.500. The Bertz CT molecular complexity index is 387. The van der Waals surface area contributed by atoms with E-state index in [1.54, 1.807) is 6.07 Å². The molecule has 0 radical (unpaired) electrons. The summed E-state index contributed by atoms with van der Waals surface area (Å²) in [6.07, 6.45) is 0.272. The lowest BCUT2D eigenvalue weighted by Crippen LogP contribution is -2.47. The Labute approximate surface area is 87.7 Å². The quantitative estimate of drug-likeness (QED) is 0.759. The number of aliphatic hydroxyl groups is 1. The molecule has 1 N–H and O–H groups in total. The Kier molecular flexibility index (Phi) is 2.30. The fourth-order valence-corrected chi connectivity index (χ4v) is 2.20. The number of hydrogen-bond donors (Lipinski definition) is 1.